The first-order valence-electron chi connectivity index (χ1n) is 6.38. The van der Waals surface area contributed by atoms with E-state index in [1.807, 2.05) is 30.3 Å². The average molecular weight is 335 g/mol. The number of amides is 1. The van der Waals surface area contributed by atoms with Crippen LogP contribution in [0.25, 0.3) is 0 Å². The SMILES string of the molecule is CO/N=C(\C(=O)O)c1csc(NC(=O)OCc2ccccc2)n1. The molecule has 2 rings (SSSR count). The normalized spacial score (nSPS) is 10.9. The highest BCUT2D eigenvalue weighted by molar-refractivity contribution is 7.14. The molecule has 0 spiro atoms. The summed E-state index contributed by atoms with van der Waals surface area (Å²) in [6, 6.07) is 9.20. The lowest BCUT2D eigenvalue weighted by molar-refractivity contribution is -0.129. The fourth-order valence-electron chi connectivity index (χ4n) is 1.57. The van der Waals surface area contributed by atoms with Crippen molar-refractivity contribution in [2.45, 2.75) is 6.61 Å². The molecule has 0 fully saturated rings. The number of aromatic nitrogens is 1. The summed E-state index contributed by atoms with van der Waals surface area (Å²) in [7, 11) is 1.23. The monoisotopic (exact) mass is 335 g/mol. The molecule has 0 aliphatic carbocycles. The van der Waals surface area contributed by atoms with E-state index in [4.69, 9.17) is 9.84 Å². The van der Waals surface area contributed by atoms with Gasteiger partial charge in [-0.25, -0.2) is 14.6 Å². The summed E-state index contributed by atoms with van der Waals surface area (Å²) in [6.07, 6.45) is -0.685. The van der Waals surface area contributed by atoms with Crippen molar-refractivity contribution in [2.24, 2.45) is 5.16 Å². The molecule has 0 saturated heterocycles. The maximum absolute atomic E-state index is 11.7. The van der Waals surface area contributed by atoms with Crippen LogP contribution in [0, 0.1) is 0 Å². The van der Waals surface area contributed by atoms with Crippen LogP contribution in [0.5, 0.6) is 0 Å². The number of benzene rings is 1. The molecule has 2 aromatic rings. The molecule has 1 heterocycles. The molecule has 1 aromatic carbocycles. The van der Waals surface area contributed by atoms with Gasteiger partial charge in [0, 0.05) is 5.38 Å². The molecular weight excluding hydrogens is 322 g/mol. The summed E-state index contributed by atoms with van der Waals surface area (Å²) in [5.41, 5.74) is 0.583. The number of carbonyl (C=O) groups excluding carboxylic acids is 1. The van der Waals surface area contributed by atoms with Gasteiger partial charge in [-0.3, -0.25) is 5.32 Å². The lowest BCUT2D eigenvalue weighted by atomic mass is 10.2. The van der Waals surface area contributed by atoms with Crippen LogP contribution in [-0.4, -0.2) is 35.0 Å². The van der Waals surface area contributed by atoms with Gasteiger partial charge in [-0.15, -0.1) is 11.3 Å². The van der Waals surface area contributed by atoms with Crippen molar-refractivity contribution in [3.63, 3.8) is 0 Å². The van der Waals surface area contributed by atoms with E-state index in [0.29, 0.717) is 0 Å². The number of carbonyl (C=O) groups is 2. The summed E-state index contributed by atoms with van der Waals surface area (Å²) >= 11 is 1.05. The first-order valence-corrected chi connectivity index (χ1v) is 7.26. The van der Waals surface area contributed by atoms with Crippen molar-refractivity contribution < 1.29 is 24.3 Å². The lowest BCUT2D eigenvalue weighted by Crippen LogP contribution is -2.16. The predicted octanol–water partition coefficient (Wildman–Crippen LogP) is 2.33. The van der Waals surface area contributed by atoms with Gasteiger partial charge in [0.2, 0.25) is 5.71 Å². The number of ether oxygens (including phenoxy) is 1. The van der Waals surface area contributed by atoms with E-state index in [1.165, 1.54) is 12.5 Å². The maximum atomic E-state index is 11.7. The molecule has 120 valence electrons. The molecule has 1 amide bonds. The first-order chi connectivity index (χ1) is 11.1. The van der Waals surface area contributed by atoms with Crippen molar-refractivity contribution in [3.8, 4) is 0 Å². The van der Waals surface area contributed by atoms with E-state index in [1.54, 1.807) is 0 Å². The Morgan fingerprint density at radius 2 is 2.09 bits per heavy atom. The molecule has 0 atom stereocenters. The minimum Gasteiger partial charge on any atom is -0.476 e. The molecule has 23 heavy (non-hydrogen) atoms. The third kappa shape index (κ3) is 4.78. The molecular formula is C14H13N3O5S. The lowest BCUT2D eigenvalue weighted by Gasteiger charge is -2.04. The van der Waals surface area contributed by atoms with Gasteiger partial charge in [0.25, 0.3) is 0 Å². The Kier molecular flexibility index (Phi) is 5.64. The Labute approximate surface area is 135 Å². The van der Waals surface area contributed by atoms with Crippen LogP contribution in [0.1, 0.15) is 11.3 Å². The molecule has 0 aliphatic heterocycles. The van der Waals surface area contributed by atoms with Gasteiger partial charge in [0.05, 0.1) is 0 Å². The smallest absolute Gasteiger partial charge is 0.413 e. The zero-order valence-electron chi connectivity index (χ0n) is 12.1. The van der Waals surface area contributed by atoms with Gasteiger partial charge >= 0.3 is 12.1 Å². The average Bonchev–Trinajstić information content (AvgIpc) is 2.99. The number of carboxylic acid groups (broad SMARTS) is 1. The van der Waals surface area contributed by atoms with Crippen molar-refractivity contribution in [3.05, 3.63) is 47.0 Å². The van der Waals surface area contributed by atoms with Gasteiger partial charge in [0.15, 0.2) is 5.13 Å². The second kappa shape index (κ2) is 7.90. The highest BCUT2D eigenvalue weighted by Gasteiger charge is 2.18. The van der Waals surface area contributed by atoms with Crippen molar-refractivity contribution in [2.75, 3.05) is 12.4 Å². The summed E-state index contributed by atoms with van der Waals surface area (Å²) < 4.78 is 5.04. The number of oxime groups is 1. The number of hydrogen-bond acceptors (Lipinski definition) is 7. The van der Waals surface area contributed by atoms with Crippen LogP contribution >= 0.6 is 11.3 Å². The zero-order chi connectivity index (χ0) is 16.7. The predicted molar refractivity (Wildman–Crippen MR) is 83.5 cm³/mol. The summed E-state index contributed by atoms with van der Waals surface area (Å²) in [4.78, 5) is 31.1. The molecule has 0 bridgehead atoms. The van der Waals surface area contributed by atoms with Crippen LogP contribution in [0.15, 0.2) is 40.9 Å². The van der Waals surface area contributed by atoms with E-state index >= 15 is 0 Å². The Balaban J connectivity index is 1.94. The summed E-state index contributed by atoms with van der Waals surface area (Å²) in [5, 5.41) is 16.4. The third-order valence-electron chi connectivity index (χ3n) is 2.55. The Morgan fingerprint density at radius 1 is 1.35 bits per heavy atom. The van der Waals surface area contributed by atoms with Crippen molar-refractivity contribution >= 4 is 34.2 Å². The van der Waals surface area contributed by atoms with E-state index < -0.39 is 12.1 Å². The number of nitrogens with one attached hydrogen (secondary N) is 1. The molecule has 9 heteroatoms. The maximum Gasteiger partial charge on any atom is 0.413 e. The van der Waals surface area contributed by atoms with Crippen molar-refractivity contribution in [1.82, 2.24) is 4.98 Å². The zero-order valence-corrected chi connectivity index (χ0v) is 12.9. The second-order valence-corrected chi connectivity index (χ2v) is 5.01. The van der Waals surface area contributed by atoms with Crippen LogP contribution in [0.4, 0.5) is 9.93 Å². The highest BCUT2D eigenvalue weighted by atomic mass is 32.1. The molecule has 0 radical (unpaired) electrons. The Morgan fingerprint density at radius 3 is 2.74 bits per heavy atom. The van der Waals surface area contributed by atoms with E-state index in [-0.39, 0.29) is 23.1 Å². The molecule has 8 nitrogen and oxygen atoms in total. The molecule has 2 N–H and O–H groups in total. The van der Waals surface area contributed by atoms with Crippen molar-refractivity contribution in [1.29, 1.82) is 0 Å². The van der Waals surface area contributed by atoms with Crippen LogP contribution < -0.4 is 5.32 Å². The standard InChI is InChI=1S/C14H13N3O5S/c1-21-17-11(12(18)19)10-8-23-13(15-10)16-14(20)22-7-9-5-3-2-4-6-9/h2-6,8H,7H2,1H3,(H,18,19)(H,15,16,20)/b17-11-. The fraction of sp³-hybridized carbons (Fsp3) is 0.143. The molecule has 0 unspecified atom stereocenters. The van der Waals surface area contributed by atoms with E-state index in [2.05, 4.69) is 20.3 Å². The van der Waals surface area contributed by atoms with Crippen LogP contribution in [0.3, 0.4) is 0 Å². The van der Waals surface area contributed by atoms with Gasteiger partial charge < -0.3 is 14.7 Å². The van der Waals surface area contributed by atoms with Gasteiger partial charge in [0.1, 0.15) is 19.4 Å². The Hall–Kier alpha value is -2.94. The van der Waals surface area contributed by atoms with E-state index in [9.17, 15) is 9.59 Å². The quantitative estimate of drug-likeness (QED) is 0.619. The first kappa shape index (κ1) is 16.4. The summed E-state index contributed by atoms with van der Waals surface area (Å²) in [6.45, 7) is 0.121. The topological polar surface area (TPSA) is 110 Å². The number of aliphatic carboxylic acids is 1. The van der Waals surface area contributed by atoms with Gasteiger partial charge in [-0.05, 0) is 5.56 Å². The van der Waals surface area contributed by atoms with Crippen LogP contribution in [0.2, 0.25) is 0 Å². The largest absolute Gasteiger partial charge is 0.476 e. The van der Waals surface area contributed by atoms with Gasteiger partial charge in [-0.1, -0.05) is 35.5 Å². The van der Waals surface area contributed by atoms with E-state index in [0.717, 1.165) is 16.9 Å². The minimum absolute atomic E-state index is 0.0858. The highest BCUT2D eigenvalue weighted by Crippen LogP contribution is 2.17. The fourth-order valence-corrected chi connectivity index (χ4v) is 2.25. The third-order valence-corrected chi connectivity index (χ3v) is 3.31. The number of nitrogens with zero attached hydrogens (tertiary/aromatic N) is 2. The molecule has 1 aromatic heterocycles. The minimum atomic E-state index is -1.28. The van der Waals surface area contributed by atoms with Gasteiger partial charge in [-0.2, -0.15) is 0 Å². The van der Waals surface area contributed by atoms with Crippen LogP contribution in [-0.2, 0) is 21.0 Å². The number of rotatable bonds is 6. The number of thiazole rings is 1. The molecule has 0 saturated carbocycles. The summed E-state index contributed by atoms with van der Waals surface area (Å²) in [5.74, 6) is -1.28. The Bertz CT molecular complexity index is 714. The number of hydrogen-bond donors (Lipinski definition) is 2. The second-order valence-electron chi connectivity index (χ2n) is 4.15. The number of anilines is 1. The molecule has 0 aliphatic rings. The number of carboxylic acids is 1.